The summed E-state index contributed by atoms with van der Waals surface area (Å²) in [7, 11) is 0. The summed E-state index contributed by atoms with van der Waals surface area (Å²) in [4.78, 5) is 14.5. The second-order valence-corrected chi connectivity index (χ2v) is 6.98. The number of fused-ring (bicyclic) bond motifs is 1. The minimum atomic E-state index is -0.377. The molecule has 0 bridgehead atoms. The molecular weight excluding hydrogens is 330 g/mol. The zero-order chi connectivity index (χ0) is 15.4. The van der Waals surface area contributed by atoms with Crippen LogP contribution in [-0.2, 0) is 16.0 Å². The van der Waals surface area contributed by atoms with Gasteiger partial charge in [0.2, 0.25) is 0 Å². The smallest absolute Gasteiger partial charge is 0.255 e. The fourth-order valence-electron chi connectivity index (χ4n) is 2.57. The molecule has 1 amide bonds. The first-order valence-corrected chi connectivity index (χ1v) is 8.49. The summed E-state index contributed by atoms with van der Waals surface area (Å²) in [6.07, 6.45) is 2.65. The Morgan fingerprint density at radius 1 is 1.38 bits per heavy atom. The molecule has 4 heteroatoms. The van der Waals surface area contributed by atoms with E-state index in [1.54, 1.807) is 0 Å². The van der Waals surface area contributed by atoms with E-state index in [-0.39, 0.29) is 12.0 Å². The predicted molar refractivity (Wildman–Crippen MR) is 89.7 cm³/mol. The first-order valence-electron chi connectivity index (χ1n) is 7.70. The van der Waals surface area contributed by atoms with Crippen LogP contribution in [0.15, 0.2) is 22.7 Å². The molecule has 1 aromatic carbocycles. The lowest BCUT2D eigenvalue weighted by molar-refractivity contribution is -0.129. The topological polar surface area (TPSA) is 29.5 Å². The van der Waals surface area contributed by atoms with Gasteiger partial charge in [-0.3, -0.25) is 4.79 Å². The maximum atomic E-state index is 12.6. The fourth-order valence-corrected chi connectivity index (χ4v) is 2.97. The van der Waals surface area contributed by atoms with Crippen LogP contribution in [0.5, 0.6) is 0 Å². The van der Waals surface area contributed by atoms with E-state index < -0.39 is 0 Å². The summed E-state index contributed by atoms with van der Waals surface area (Å²) in [5.74, 6) is 0.669. The monoisotopic (exact) mass is 353 g/mol. The lowest BCUT2D eigenvalue weighted by atomic mass is 10.0. The van der Waals surface area contributed by atoms with E-state index in [0.29, 0.717) is 12.5 Å². The molecule has 0 saturated heterocycles. The van der Waals surface area contributed by atoms with Gasteiger partial charge in [0.1, 0.15) is 6.10 Å². The van der Waals surface area contributed by atoms with Gasteiger partial charge in [0, 0.05) is 23.3 Å². The SMILES string of the molecule is CC(C)CCOC(C)C(=O)N1CCCc2cc(Br)ccc21. The number of carbonyl (C=O) groups excluding carboxylic acids is 1. The number of carbonyl (C=O) groups is 1. The molecule has 116 valence electrons. The number of anilines is 1. The molecule has 0 N–H and O–H groups in total. The van der Waals surface area contributed by atoms with Crippen molar-refractivity contribution in [2.24, 2.45) is 5.92 Å². The summed E-state index contributed by atoms with van der Waals surface area (Å²) in [5, 5.41) is 0. The van der Waals surface area contributed by atoms with Gasteiger partial charge in [-0.25, -0.2) is 0 Å². The highest BCUT2D eigenvalue weighted by Crippen LogP contribution is 2.30. The van der Waals surface area contributed by atoms with Crippen LogP contribution < -0.4 is 4.90 Å². The lowest BCUT2D eigenvalue weighted by Crippen LogP contribution is -2.42. The van der Waals surface area contributed by atoms with E-state index in [4.69, 9.17) is 4.74 Å². The number of benzene rings is 1. The van der Waals surface area contributed by atoms with E-state index in [1.165, 1.54) is 5.56 Å². The van der Waals surface area contributed by atoms with E-state index in [0.717, 1.165) is 36.0 Å². The average Bonchev–Trinajstić information content (AvgIpc) is 2.45. The van der Waals surface area contributed by atoms with E-state index in [2.05, 4.69) is 35.8 Å². The minimum Gasteiger partial charge on any atom is -0.369 e. The van der Waals surface area contributed by atoms with Gasteiger partial charge in [0.25, 0.3) is 5.91 Å². The third-order valence-electron chi connectivity index (χ3n) is 3.84. The van der Waals surface area contributed by atoms with Crippen LogP contribution in [0, 0.1) is 5.92 Å². The molecule has 2 rings (SSSR count). The molecule has 0 aromatic heterocycles. The molecule has 0 spiro atoms. The van der Waals surface area contributed by atoms with Crippen molar-refractivity contribution >= 4 is 27.5 Å². The van der Waals surface area contributed by atoms with Crippen molar-refractivity contribution in [3.63, 3.8) is 0 Å². The zero-order valence-electron chi connectivity index (χ0n) is 13.1. The highest BCUT2D eigenvalue weighted by molar-refractivity contribution is 9.10. The molecule has 1 atom stereocenters. The Bertz CT molecular complexity index is 502. The third kappa shape index (κ3) is 4.30. The van der Waals surface area contributed by atoms with Crippen LogP contribution in [0.1, 0.15) is 39.2 Å². The minimum absolute atomic E-state index is 0.0713. The van der Waals surface area contributed by atoms with Gasteiger partial charge in [-0.1, -0.05) is 29.8 Å². The lowest BCUT2D eigenvalue weighted by Gasteiger charge is -2.31. The van der Waals surface area contributed by atoms with E-state index >= 15 is 0 Å². The van der Waals surface area contributed by atoms with Crippen molar-refractivity contribution in [1.29, 1.82) is 0 Å². The number of ether oxygens (including phenoxy) is 1. The molecule has 1 unspecified atom stereocenters. The summed E-state index contributed by atoms with van der Waals surface area (Å²) < 4.78 is 6.77. The maximum absolute atomic E-state index is 12.6. The molecule has 1 aromatic rings. The average molecular weight is 354 g/mol. The predicted octanol–water partition coefficient (Wildman–Crippen LogP) is 4.18. The number of rotatable bonds is 5. The van der Waals surface area contributed by atoms with Crippen LogP contribution >= 0.6 is 15.9 Å². The van der Waals surface area contributed by atoms with Crippen molar-refractivity contribution in [3.05, 3.63) is 28.2 Å². The molecule has 1 aliphatic rings. The van der Waals surface area contributed by atoms with Gasteiger partial charge >= 0.3 is 0 Å². The van der Waals surface area contributed by atoms with Gasteiger partial charge in [0.15, 0.2) is 0 Å². The Balaban J connectivity index is 2.03. The molecule has 0 aliphatic carbocycles. The van der Waals surface area contributed by atoms with Gasteiger partial charge in [-0.15, -0.1) is 0 Å². The number of aryl methyl sites for hydroxylation is 1. The highest BCUT2D eigenvalue weighted by Gasteiger charge is 2.26. The summed E-state index contributed by atoms with van der Waals surface area (Å²) in [6, 6.07) is 6.13. The van der Waals surface area contributed by atoms with Crippen LogP contribution in [0.2, 0.25) is 0 Å². The summed E-state index contributed by atoms with van der Waals surface area (Å²) in [6.45, 7) is 7.61. The molecule has 0 fully saturated rings. The maximum Gasteiger partial charge on any atom is 0.255 e. The summed E-state index contributed by atoms with van der Waals surface area (Å²) in [5.41, 5.74) is 2.27. The Hall–Kier alpha value is -0.870. The molecule has 1 heterocycles. The van der Waals surface area contributed by atoms with Crippen LogP contribution in [0.3, 0.4) is 0 Å². The van der Waals surface area contributed by atoms with Gasteiger partial charge < -0.3 is 9.64 Å². The van der Waals surface area contributed by atoms with Crippen molar-refractivity contribution in [2.75, 3.05) is 18.1 Å². The van der Waals surface area contributed by atoms with Crippen molar-refractivity contribution in [2.45, 2.75) is 46.1 Å². The number of amides is 1. The largest absolute Gasteiger partial charge is 0.369 e. The highest BCUT2D eigenvalue weighted by atomic mass is 79.9. The molecule has 0 radical (unpaired) electrons. The second kappa shape index (κ2) is 7.41. The first kappa shape index (κ1) is 16.5. The summed E-state index contributed by atoms with van der Waals surface area (Å²) >= 11 is 3.50. The first-order chi connectivity index (χ1) is 9.99. The van der Waals surface area contributed by atoms with E-state index in [1.807, 2.05) is 24.0 Å². The Morgan fingerprint density at radius 3 is 2.86 bits per heavy atom. The second-order valence-electron chi connectivity index (χ2n) is 6.06. The number of hydrogen-bond acceptors (Lipinski definition) is 2. The van der Waals surface area contributed by atoms with Crippen LogP contribution in [0.25, 0.3) is 0 Å². The normalized spacial score (nSPS) is 16.0. The van der Waals surface area contributed by atoms with Crippen molar-refractivity contribution in [1.82, 2.24) is 0 Å². The van der Waals surface area contributed by atoms with Crippen molar-refractivity contribution in [3.8, 4) is 0 Å². The zero-order valence-corrected chi connectivity index (χ0v) is 14.6. The van der Waals surface area contributed by atoms with Crippen molar-refractivity contribution < 1.29 is 9.53 Å². The number of nitrogens with zero attached hydrogens (tertiary/aromatic N) is 1. The van der Waals surface area contributed by atoms with Gasteiger partial charge in [-0.05, 0) is 55.9 Å². The Morgan fingerprint density at radius 2 is 2.14 bits per heavy atom. The van der Waals surface area contributed by atoms with Crippen LogP contribution in [0.4, 0.5) is 5.69 Å². The fraction of sp³-hybridized carbons (Fsp3) is 0.588. The van der Waals surface area contributed by atoms with E-state index in [9.17, 15) is 4.79 Å². The molecule has 0 saturated carbocycles. The standard InChI is InChI=1S/C17H24BrNO2/c1-12(2)8-10-21-13(3)17(20)19-9-4-5-14-11-15(18)6-7-16(14)19/h6-7,11-13H,4-5,8-10H2,1-3H3. The molecular formula is C17H24BrNO2. The number of halogens is 1. The number of hydrogen-bond donors (Lipinski definition) is 0. The van der Waals surface area contributed by atoms with Gasteiger partial charge in [0.05, 0.1) is 0 Å². The molecule has 3 nitrogen and oxygen atoms in total. The third-order valence-corrected chi connectivity index (χ3v) is 4.33. The van der Waals surface area contributed by atoms with Gasteiger partial charge in [-0.2, -0.15) is 0 Å². The Kier molecular flexibility index (Phi) is 5.82. The molecule has 1 aliphatic heterocycles. The quantitative estimate of drug-likeness (QED) is 0.794. The Labute approximate surface area is 135 Å². The molecule has 21 heavy (non-hydrogen) atoms. The van der Waals surface area contributed by atoms with Crippen LogP contribution in [-0.4, -0.2) is 25.2 Å².